The van der Waals surface area contributed by atoms with Crippen molar-refractivity contribution in [2.45, 2.75) is 13.3 Å². The van der Waals surface area contributed by atoms with Crippen LogP contribution < -0.4 is 16.4 Å². The minimum absolute atomic E-state index is 0. The number of anilines is 1. The van der Waals surface area contributed by atoms with E-state index in [1.807, 2.05) is 6.92 Å². The Kier molecular flexibility index (Phi) is 5.39. The zero-order chi connectivity index (χ0) is 14.0. The molecule has 110 valence electrons. The van der Waals surface area contributed by atoms with Crippen LogP contribution >= 0.6 is 24.0 Å². The Balaban J connectivity index is 0.00000200. The fraction of sp³-hybridized carbons (Fsp3) is 0.385. The zero-order valence-electron chi connectivity index (χ0n) is 11.0. The van der Waals surface area contributed by atoms with Gasteiger partial charge in [-0.25, -0.2) is 0 Å². The molecule has 0 aromatic heterocycles. The van der Waals surface area contributed by atoms with E-state index >= 15 is 0 Å². The number of halogens is 2. The first-order chi connectivity index (χ1) is 8.92. The third-order valence-corrected chi connectivity index (χ3v) is 3.74. The Bertz CT molecular complexity index is 528. The first-order valence-electron chi connectivity index (χ1n) is 6.04. The molecule has 20 heavy (non-hydrogen) atoms. The summed E-state index contributed by atoms with van der Waals surface area (Å²) >= 11 is 5.86. The van der Waals surface area contributed by atoms with E-state index in [4.69, 9.17) is 17.3 Å². The molecule has 4 N–H and O–H groups in total. The van der Waals surface area contributed by atoms with E-state index in [-0.39, 0.29) is 28.9 Å². The highest BCUT2D eigenvalue weighted by atomic mass is 35.5. The molecule has 1 aromatic carbocycles. The number of hydrogen-bond acceptors (Lipinski definition) is 3. The van der Waals surface area contributed by atoms with Crippen LogP contribution in [0.2, 0.25) is 5.02 Å². The van der Waals surface area contributed by atoms with Crippen LogP contribution in [0.15, 0.2) is 18.2 Å². The van der Waals surface area contributed by atoms with Gasteiger partial charge < -0.3 is 16.4 Å². The monoisotopic (exact) mass is 317 g/mol. The van der Waals surface area contributed by atoms with Crippen molar-refractivity contribution in [2.75, 3.05) is 18.4 Å². The molecule has 1 heterocycles. The number of rotatable bonds is 3. The van der Waals surface area contributed by atoms with E-state index < -0.39 is 11.3 Å². The Hall–Kier alpha value is -1.30. The molecule has 0 radical (unpaired) electrons. The van der Waals surface area contributed by atoms with Gasteiger partial charge in [-0.05, 0) is 38.1 Å². The summed E-state index contributed by atoms with van der Waals surface area (Å²) in [5.41, 5.74) is 5.52. The van der Waals surface area contributed by atoms with Gasteiger partial charge in [-0.3, -0.25) is 9.59 Å². The van der Waals surface area contributed by atoms with E-state index in [0.717, 1.165) is 13.0 Å². The number of amides is 2. The molecule has 0 bridgehead atoms. The van der Waals surface area contributed by atoms with Gasteiger partial charge in [0.05, 0.1) is 16.0 Å². The molecule has 2 rings (SSSR count). The van der Waals surface area contributed by atoms with Crippen molar-refractivity contribution in [1.82, 2.24) is 5.32 Å². The second-order valence-electron chi connectivity index (χ2n) is 5.00. The lowest BCUT2D eigenvalue weighted by Gasteiger charge is -2.21. The summed E-state index contributed by atoms with van der Waals surface area (Å²) in [7, 11) is 0. The number of benzene rings is 1. The highest BCUT2D eigenvalue weighted by molar-refractivity contribution is 6.34. The smallest absolute Gasteiger partial charge is 0.250 e. The van der Waals surface area contributed by atoms with Gasteiger partial charge in [0.1, 0.15) is 0 Å². The third-order valence-electron chi connectivity index (χ3n) is 3.41. The number of carbonyl (C=O) groups excluding carboxylic acids is 2. The van der Waals surface area contributed by atoms with Crippen LogP contribution in [-0.2, 0) is 4.79 Å². The molecule has 1 aromatic rings. The van der Waals surface area contributed by atoms with Crippen LogP contribution in [0.5, 0.6) is 0 Å². The molecular weight excluding hydrogens is 301 g/mol. The van der Waals surface area contributed by atoms with Gasteiger partial charge in [-0.2, -0.15) is 0 Å². The molecule has 0 spiro atoms. The van der Waals surface area contributed by atoms with Crippen molar-refractivity contribution < 1.29 is 9.59 Å². The topological polar surface area (TPSA) is 84.2 Å². The van der Waals surface area contributed by atoms with Crippen molar-refractivity contribution in [2.24, 2.45) is 11.1 Å². The van der Waals surface area contributed by atoms with Crippen molar-refractivity contribution in [3.05, 3.63) is 28.8 Å². The SMILES string of the molecule is CC1(C(=O)Nc2ccc(Cl)c(C(N)=O)c2)CCNC1.Cl. The molecule has 5 nitrogen and oxygen atoms in total. The maximum atomic E-state index is 12.2. The standard InChI is InChI=1S/C13H16ClN3O2.ClH/c1-13(4-5-16-7-13)12(19)17-8-2-3-10(14)9(6-8)11(15)18;/h2-3,6,16H,4-5,7H2,1H3,(H2,15,18)(H,17,19);1H. The Morgan fingerprint density at radius 2 is 2.15 bits per heavy atom. The van der Waals surface area contributed by atoms with E-state index in [0.29, 0.717) is 12.2 Å². The Morgan fingerprint density at radius 3 is 2.70 bits per heavy atom. The summed E-state index contributed by atoms with van der Waals surface area (Å²) in [6.07, 6.45) is 0.787. The minimum Gasteiger partial charge on any atom is -0.366 e. The molecule has 1 atom stereocenters. The molecule has 0 saturated carbocycles. The maximum Gasteiger partial charge on any atom is 0.250 e. The van der Waals surface area contributed by atoms with Gasteiger partial charge in [0.15, 0.2) is 0 Å². The summed E-state index contributed by atoms with van der Waals surface area (Å²) in [5, 5.41) is 6.24. The largest absolute Gasteiger partial charge is 0.366 e. The van der Waals surface area contributed by atoms with Crippen molar-refractivity contribution in [1.29, 1.82) is 0 Å². The van der Waals surface area contributed by atoms with Crippen molar-refractivity contribution in [3.8, 4) is 0 Å². The van der Waals surface area contributed by atoms with Gasteiger partial charge in [0.2, 0.25) is 11.8 Å². The number of nitrogens with two attached hydrogens (primary N) is 1. The average Bonchev–Trinajstić information content (AvgIpc) is 2.79. The van der Waals surface area contributed by atoms with Crippen molar-refractivity contribution >= 4 is 41.5 Å². The lowest BCUT2D eigenvalue weighted by Crippen LogP contribution is -2.35. The van der Waals surface area contributed by atoms with E-state index in [9.17, 15) is 9.59 Å². The number of primary amides is 1. The van der Waals surface area contributed by atoms with Gasteiger partial charge in [-0.15, -0.1) is 12.4 Å². The van der Waals surface area contributed by atoms with Crippen molar-refractivity contribution in [3.63, 3.8) is 0 Å². The summed E-state index contributed by atoms with van der Waals surface area (Å²) in [4.78, 5) is 23.4. The van der Waals surface area contributed by atoms with Gasteiger partial charge in [-0.1, -0.05) is 11.6 Å². The lowest BCUT2D eigenvalue weighted by atomic mass is 9.88. The number of carbonyl (C=O) groups is 2. The van der Waals surface area contributed by atoms with Crippen LogP contribution in [0.3, 0.4) is 0 Å². The first kappa shape index (κ1) is 16.8. The summed E-state index contributed by atoms with van der Waals surface area (Å²) in [5.74, 6) is -0.690. The van der Waals surface area contributed by atoms with Crippen LogP contribution in [-0.4, -0.2) is 24.9 Å². The first-order valence-corrected chi connectivity index (χ1v) is 6.42. The fourth-order valence-electron chi connectivity index (χ4n) is 2.08. The summed E-state index contributed by atoms with van der Waals surface area (Å²) < 4.78 is 0. The quantitative estimate of drug-likeness (QED) is 0.794. The molecular formula is C13H17Cl2N3O2. The lowest BCUT2D eigenvalue weighted by molar-refractivity contribution is -0.123. The highest BCUT2D eigenvalue weighted by Gasteiger charge is 2.36. The molecule has 1 saturated heterocycles. The second kappa shape index (κ2) is 6.43. The molecule has 1 aliphatic heterocycles. The molecule has 2 amide bonds. The molecule has 0 aliphatic carbocycles. The summed E-state index contributed by atoms with van der Waals surface area (Å²) in [6.45, 7) is 3.39. The van der Waals surface area contributed by atoms with Gasteiger partial charge in [0.25, 0.3) is 0 Å². The van der Waals surface area contributed by atoms with E-state index in [1.54, 1.807) is 12.1 Å². The third kappa shape index (κ3) is 3.42. The Morgan fingerprint density at radius 1 is 1.45 bits per heavy atom. The van der Waals surface area contributed by atoms with Gasteiger partial charge in [0, 0.05) is 12.2 Å². The number of hydrogen-bond donors (Lipinski definition) is 3. The normalized spacial score (nSPS) is 21.1. The fourth-order valence-corrected chi connectivity index (χ4v) is 2.30. The van der Waals surface area contributed by atoms with Crippen LogP contribution in [0.1, 0.15) is 23.7 Å². The highest BCUT2D eigenvalue weighted by Crippen LogP contribution is 2.27. The predicted octanol–water partition coefficient (Wildman–Crippen LogP) is 1.80. The van der Waals surface area contributed by atoms with E-state index in [1.165, 1.54) is 6.07 Å². The second-order valence-corrected chi connectivity index (χ2v) is 5.41. The minimum atomic E-state index is -0.616. The molecule has 1 unspecified atom stereocenters. The molecule has 1 fully saturated rings. The number of nitrogens with one attached hydrogen (secondary N) is 2. The zero-order valence-corrected chi connectivity index (χ0v) is 12.6. The van der Waals surface area contributed by atoms with Crippen LogP contribution in [0.25, 0.3) is 0 Å². The average molecular weight is 318 g/mol. The molecule has 7 heteroatoms. The van der Waals surface area contributed by atoms with Crippen LogP contribution in [0.4, 0.5) is 5.69 Å². The van der Waals surface area contributed by atoms with E-state index in [2.05, 4.69) is 10.6 Å². The predicted molar refractivity (Wildman–Crippen MR) is 81.4 cm³/mol. The maximum absolute atomic E-state index is 12.2. The Labute approximate surface area is 128 Å². The van der Waals surface area contributed by atoms with Gasteiger partial charge >= 0.3 is 0 Å². The summed E-state index contributed by atoms with van der Waals surface area (Å²) in [6, 6.07) is 4.69. The molecule has 1 aliphatic rings. The van der Waals surface area contributed by atoms with Crippen LogP contribution in [0, 0.1) is 5.41 Å².